The molecule has 130 valence electrons. The van der Waals surface area contributed by atoms with Crippen molar-refractivity contribution in [1.29, 1.82) is 0 Å². The van der Waals surface area contributed by atoms with Crippen LogP contribution in [0, 0.1) is 6.92 Å². The third kappa shape index (κ3) is 4.89. The van der Waals surface area contributed by atoms with Crippen LogP contribution in [0.15, 0.2) is 36.4 Å². The summed E-state index contributed by atoms with van der Waals surface area (Å²) in [6, 6.07) is 12.5. The van der Waals surface area contributed by atoms with E-state index in [1.807, 2.05) is 24.3 Å². The molecule has 0 amide bonds. The summed E-state index contributed by atoms with van der Waals surface area (Å²) in [6.07, 6.45) is 1.09. The maximum atomic E-state index is 6.44. The molecule has 2 aromatic rings. The van der Waals surface area contributed by atoms with E-state index < -0.39 is 0 Å². The second-order valence-corrected chi connectivity index (χ2v) is 6.42. The number of hydrogen-bond acceptors (Lipinski definition) is 3. The maximum absolute atomic E-state index is 6.44. The summed E-state index contributed by atoms with van der Waals surface area (Å²) in [5.74, 6) is 1.26. The van der Waals surface area contributed by atoms with Crippen LogP contribution in [0.3, 0.4) is 0 Å². The van der Waals surface area contributed by atoms with Crippen molar-refractivity contribution in [2.45, 2.75) is 46.4 Å². The van der Waals surface area contributed by atoms with Crippen LogP contribution < -0.4 is 14.8 Å². The highest BCUT2D eigenvalue weighted by atomic mass is 35.5. The van der Waals surface area contributed by atoms with Crippen molar-refractivity contribution in [3.63, 3.8) is 0 Å². The van der Waals surface area contributed by atoms with Crippen molar-refractivity contribution < 1.29 is 9.47 Å². The van der Waals surface area contributed by atoms with E-state index in [1.165, 1.54) is 5.56 Å². The molecule has 0 heterocycles. The van der Waals surface area contributed by atoms with Gasteiger partial charge in [0.1, 0.15) is 6.61 Å². The lowest BCUT2D eigenvalue weighted by Gasteiger charge is -2.16. The van der Waals surface area contributed by atoms with Crippen molar-refractivity contribution in [2.24, 2.45) is 0 Å². The average molecular weight is 348 g/mol. The molecule has 2 aromatic carbocycles. The first kappa shape index (κ1) is 18.6. The second-order valence-electron chi connectivity index (χ2n) is 6.01. The van der Waals surface area contributed by atoms with E-state index in [9.17, 15) is 0 Å². The van der Waals surface area contributed by atoms with E-state index in [0.29, 0.717) is 29.2 Å². The van der Waals surface area contributed by atoms with Crippen LogP contribution in [0.2, 0.25) is 5.02 Å². The molecule has 0 radical (unpaired) electrons. The summed E-state index contributed by atoms with van der Waals surface area (Å²) in [5.41, 5.74) is 3.42. The number of aryl methyl sites for hydroxylation is 1. The van der Waals surface area contributed by atoms with Crippen LogP contribution in [-0.4, -0.2) is 13.2 Å². The van der Waals surface area contributed by atoms with Crippen LogP contribution in [0.25, 0.3) is 0 Å². The van der Waals surface area contributed by atoms with Crippen molar-refractivity contribution in [3.05, 3.63) is 58.1 Å². The Kier molecular flexibility index (Phi) is 6.95. The molecule has 3 nitrogen and oxygen atoms in total. The normalized spacial score (nSPS) is 12.0. The largest absolute Gasteiger partial charge is 0.493 e. The molecule has 0 aromatic heterocycles. The van der Waals surface area contributed by atoms with Crippen LogP contribution >= 0.6 is 11.6 Å². The summed E-state index contributed by atoms with van der Waals surface area (Å²) in [4.78, 5) is 0. The third-order valence-corrected chi connectivity index (χ3v) is 4.47. The van der Waals surface area contributed by atoms with Gasteiger partial charge in [-0.2, -0.15) is 0 Å². The van der Waals surface area contributed by atoms with Gasteiger partial charge in [0.25, 0.3) is 0 Å². The van der Waals surface area contributed by atoms with Crippen LogP contribution in [-0.2, 0) is 13.2 Å². The Morgan fingerprint density at radius 1 is 1.21 bits per heavy atom. The van der Waals surface area contributed by atoms with E-state index in [2.05, 4.69) is 38.2 Å². The molecule has 0 fully saturated rings. The molecule has 0 bridgehead atoms. The Bertz CT molecular complexity index is 673. The first-order valence-electron chi connectivity index (χ1n) is 8.32. The number of methoxy groups -OCH3 is 1. The number of ether oxygens (including phenoxy) is 2. The summed E-state index contributed by atoms with van der Waals surface area (Å²) in [7, 11) is 1.64. The summed E-state index contributed by atoms with van der Waals surface area (Å²) < 4.78 is 11.4. The quantitative estimate of drug-likeness (QED) is 0.718. The monoisotopic (exact) mass is 347 g/mol. The molecule has 0 saturated heterocycles. The van der Waals surface area contributed by atoms with Crippen molar-refractivity contribution >= 4 is 11.6 Å². The van der Waals surface area contributed by atoms with Crippen LogP contribution in [0.5, 0.6) is 11.5 Å². The van der Waals surface area contributed by atoms with Gasteiger partial charge in [0.05, 0.1) is 12.1 Å². The smallest absolute Gasteiger partial charge is 0.180 e. The fourth-order valence-corrected chi connectivity index (χ4v) is 2.66. The van der Waals surface area contributed by atoms with Gasteiger partial charge < -0.3 is 14.8 Å². The topological polar surface area (TPSA) is 30.5 Å². The Morgan fingerprint density at radius 2 is 1.96 bits per heavy atom. The summed E-state index contributed by atoms with van der Waals surface area (Å²) in [5, 5.41) is 4.03. The molecule has 0 aliphatic rings. The molecule has 4 heteroatoms. The van der Waals surface area contributed by atoms with Gasteiger partial charge in [-0.15, -0.1) is 0 Å². The standard InChI is InChI=1S/C20H26ClNO2/c1-5-15(3)22-12-16-10-18(21)20(19(11-16)23-4)24-13-17-9-7-6-8-14(17)2/h6-11,15,22H,5,12-13H2,1-4H3. The van der Waals surface area contributed by atoms with E-state index >= 15 is 0 Å². The number of benzene rings is 2. The highest BCUT2D eigenvalue weighted by molar-refractivity contribution is 6.32. The molecule has 24 heavy (non-hydrogen) atoms. The van der Waals surface area contributed by atoms with Gasteiger partial charge in [-0.25, -0.2) is 0 Å². The lowest BCUT2D eigenvalue weighted by atomic mass is 10.1. The fraction of sp³-hybridized carbons (Fsp3) is 0.400. The van der Waals surface area contributed by atoms with E-state index in [0.717, 1.165) is 24.1 Å². The first-order chi connectivity index (χ1) is 11.5. The maximum Gasteiger partial charge on any atom is 0.180 e. The highest BCUT2D eigenvalue weighted by Crippen LogP contribution is 2.37. The lowest BCUT2D eigenvalue weighted by Crippen LogP contribution is -2.24. The van der Waals surface area contributed by atoms with Crippen LogP contribution in [0.1, 0.15) is 37.0 Å². The molecular weight excluding hydrogens is 322 g/mol. The average Bonchev–Trinajstić information content (AvgIpc) is 2.59. The zero-order valence-corrected chi connectivity index (χ0v) is 15.6. The molecule has 0 spiro atoms. The molecule has 2 rings (SSSR count). The number of hydrogen-bond donors (Lipinski definition) is 1. The van der Waals surface area contributed by atoms with Gasteiger partial charge in [-0.3, -0.25) is 0 Å². The van der Waals surface area contributed by atoms with E-state index in [4.69, 9.17) is 21.1 Å². The predicted octanol–water partition coefficient (Wildman–Crippen LogP) is 5.12. The zero-order valence-electron chi connectivity index (χ0n) is 14.9. The fourth-order valence-electron chi connectivity index (χ4n) is 2.37. The molecule has 1 atom stereocenters. The molecular formula is C20H26ClNO2. The molecule has 1 unspecified atom stereocenters. The van der Waals surface area contributed by atoms with Crippen molar-refractivity contribution in [1.82, 2.24) is 5.32 Å². The molecule has 0 aliphatic carbocycles. The van der Waals surface area contributed by atoms with Gasteiger partial charge in [-0.05, 0) is 49.1 Å². The third-order valence-electron chi connectivity index (χ3n) is 4.19. The van der Waals surface area contributed by atoms with Crippen molar-refractivity contribution in [3.8, 4) is 11.5 Å². The van der Waals surface area contributed by atoms with Gasteiger partial charge in [-0.1, -0.05) is 42.8 Å². The van der Waals surface area contributed by atoms with Crippen LogP contribution in [0.4, 0.5) is 0 Å². The molecule has 0 aliphatic heterocycles. The minimum Gasteiger partial charge on any atom is -0.493 e. The summed E-state index contributed by atoms with van der Waals surface area (Å²) >= 11 is 6.44. The Labute approximate surface area is 149 Å². The Balaban J connectivity index is 2.13. The summed E-state index contributed by atoms with van der Waals surface area (Å²) in [6.45, 7) is 7.61. The van der Waals surface area contributed by atoms with Gasteiger partial charge in [0.2, 0.25) is 0 Å². The number of rotatable bonds is 8. The lowest BCUT2D eigenvalue weighted by molar-refractivity contribution is 0.284. The number of nitrogens with one attached hydrogen (secondary N) is 1. The second kappa shape index (κ2) is 8.95. The van der Waals surface area contributed by atoms with Gasteiger partial charge in [0, 0.05) is 12.6 Å². The van der Waals surface area contributed by atoms with E-state index in [1.54, 1.807) is 7.11 Å². The predicted molar refractivity (Wildman–Crippen MR) is 100 cm³/mol. The molecule has 1 N–H and O–H groups in total. The van der Waals surface area contributed by atoms with E-state index in [-0.39, 0.29) is 0 Å². The minimum atomic E-state index is 0.465. The Hall–Kier alpha value is -1.71. The van der Waals surface area contributed by atoms with Crippen molar-refractivity contribution in [2.75, 3.05) is 7.11 Å². The Morgan fingerprint density at radius 3 is 2.62 bits per heavy atom. The van der Waals surface area contributed by atoms with Gasteiger partial charge >= 0.3 is 0 Å². The van der Waals surface area contributed by atoms with Gasteiger partial charge in [0.15, 0.2) is 11.5 Å². The molecule has 0 saturated carbocycles. The SMILES string of the molecule is CCC(C)NCc1cc(Cl)c(OCc2ccccc2C)c(OC)c1. The number of halogens is 1. The minimum absolute atomic E-state index is 0.465. The zero-order chi connectivity index (χ0) is 17.5. The first-order valence-corrected chi connectivity index (χ1v) is 8.70. The highest BCUT2D eigenvalue weighted by Gasteiger charge is 2.13.